The number of esters is 1. The van der Waals surface area contributed by atoms with E-state index in [4.69, 9.17) is 20.6 Å². The Morgan fingerprint density at radius 3 is 2.58 bits per heavy atom. The number of amides is 3. The number of anilines is 2. The first kappa shape index (κ1) is 28.2. The molecule has 12 nitrogen and oxygen atoms in total. The summed E-state index contributed by atoms with van der Waals surface area (Å²) in [7, 11) is 1.35. The number of halogens is 1. The maximum Gasteiger partial charge on any atom is 0.325 e. The maximum absolute atomic E-state index is 14.5. The molecule has 38 heavy (non-hydrogen) atoms. The zero-order chi connectivity index (χ0) is 28.0. The highest BCUT2D eigenvalue weighted by Gasteiger charge is 2.39. The molecule has 1 fully saturated rings. The Bertz CT molecular complexity index is 1240. The van der Waals surface area contributed by atoms with Crippen molar-refractivity contribution in [2.24, 2.45) is 5.73 Å². The van der Waals surface area contributed by atoms with E-state index in [0.717, 1.165) is 21.9 Å². The molecule has 2 aromatic rings. The molecule has 13 heteroatoms. The molecular weight excluding hydrogens is 501 g/mol. The first-order valence-corrected chi connectivity index (χ1v) is 11.6. The lowest BCUT2D eigenvalue weighted by atomic mass is 10.1. The van der Waals surface area contributed by atoms with Crippen molar-refractivity contribution in [2.45, 2.75) is 19.1 Å². The molecule has 1 heterocycles. The molecule has 202 valence electrons. The summed E-state index contributed by atoms with van der Waals surface area (Å²) in [5, 5.41) is 20.4. The molecule has 0 aromatic heterocycles. The smallest absolute Gasteiger partial charge is 0.325 e. The second-order valence-corrected chi connectivity index (χ2v) is 8.37. The van der Waals surface area contributed by atoms with Crippen molar-refractivity contribution in [3.05, 3.63) is 59.4 Å². The third kappa shape index (κ3) is 6.69. The summed E-state index contributed by atoms with van der Waals surface area (Å²) in [5.41, 5.74) is 6.03. The zero-order valence-corrected chi connectivity index (χ0v) is 20.8. The van der Waals surface area contributed by atoms with Crippen LogP contribution in [0.15, 0.2) is 42.5 Å². The number of nitrogens with zero attached hydrogens (tertiary/aromatic N) is 2. The highest BCUT2D eigenvalue weighted by molar-refractivity contribution is 6.05. The van der Waals surface area contributed by atoms with Gasteiger partial charge in [-0.3, -0.25) is 24.6 Å². The summed E-state index contributed by atoms with van der Waals surface area (Å²) in [4.78, 5) is 52.4. The number of hydrogen-bond donors (Lipinski definition) is 4. The lowest BCUT2D eigenvalue weighted by Gasteiger charge is -2.34. The number of carbonyl (C=O) groups excluding carboxylic acids is 4. The predicted molar refractivity (Wildman–Crippen MR) is 134 cm³/mol. The lowest BCUT2D eigenvalue weighted by molar-refractivity contribution is -0.150. The van der Waals surface area contributed by atoms with Crippen LogP contribution in [-0.2, 0) is 23.9 Å². The summed E-state index contributed by atoms with van der Waals surface area (Å²) in [6, 6.07) is 9.23. The predicted octanol–water partition coefficient (Wildman–Crippen LogP) is 0.476. The fourth-order valence-corrected chi connectivity index (χ4v) is 3.72. The summed E-state index contributed by atoms with van der Waals surface area (Å²) in [6.45, 7) is 1.32. The van der Waals surface area contributed by atoms with Gasteiger partial charge in [0.2, 0.25) is 0 Å². The monoisotopic (exact) mass is 529 g/mol. The minimum atomic E-state index is -1.90. The number of nitrogens with one attached hydrogen (secondary N) is 2. The second kappa shape index (κ2) is 12.3. The third-order valence-electron chi connectivity index (χ3n) is 5.60. The van der Waals surface area contributed by atoms with Gasteiger partial charge < -0.3 is 35.4 Å². The number of aliphatic hydroxyl groups excluding tert-OH is 1. The van der Waals surface area contributed by atoms with Crippen LogP contribution in [0.1, 0.15) is 22.8 Å². The van der Waals surface area contributed by atoms with Gasteiger partial charge in [0.25, 0.3) is 17.7 Å². The minimum Gasteiger partial charge on any atom is -0.465 e. The van der Waals surface area contributed by atoms with Crippen molar-refractivity contribution in [2.75, 3.05) is 43.6 Å². The number of aliphatic hydroxyl groups is 1. The Hall–Kier alpha value is -4.36. The lowest BCUT2D eigenvalue weighted by Crippen LogP contribution is -2.55. The van der Waals surface area contributed by atoms with Crippen molar-refractivity contribution in [1.82, 2.24) is 4.90 Å². The van der Waals surface area contributed by atoms with E-state index in [-0.39, 0.29) is 43.4 Å². The van der Waals surface area contributed by atoms with Crippen LogP contribution in [-0.4, -0.2) is 85.1 Å². The SMILES string of the molecule is CCOC(=O)CN(C)C(=O)c1cc(F)cc(N2CCO[C@H]([C@@H](O)C(=O)Nc3ccc(C(=N)N)cc3)C2=O)c1. The van der Waals surface area contributed by atoms with E-state index in [1.165, 1.54) is 37.4 Å². The molecule has 0 bridgehead atoms. The summed E-state index contributed by atoms with van der Waals surface area (Å²) in [5.74, 6) is -4.00. The number of carbonyl (C=O) groups is 4. The summed E-state index contributed by atoms with van der Waals surface area (Å²) in [6.07, 6.45) is -3.49. The van der Waals surface area contributed by atoms with Crippen molar-refractivity contribution in [3.8, 4) is 0 Å². The quantitative estimate of drug-likeness (QED) is 0.206. The Morgan fingerprint density at radius 1 is 1.26 bits per heavy atom. The largest absolute Gasteiger partial charge is 0.465 e. The van der Waals surface area contributed by atoms with Crippen LogP contribution in [0.4, 0.5) is 15.8 Å². The maximum atomic E-state index is 14.5. The molecule has 0 unspecified atom stereocenters. The third-order valence-corrected chi connectivity index (χ3v) is 5.60. The Balaban J connectivity index is 1.74. The van der Waals surface area contributed by atoms with Crippen LogP contribution in [0.25, 0.3) is 0 Å². The van der Waals surface area contributed by atoms with E-state index in [9.17, 15) is 28.7 Å². The van der Waals surface area contributed by atoms with Gasteiger partial charge in [0.15, 0.2) is 12.2 Å². The molecule has 0 saturated carbocycles. The summed E-state index contributed by atoms with van der Waals surface area (Å²) < 4.78 is 24.6. The topological polar surface area (TPSA) is 175 Å². The molecule has 0 spiro atoms. The molecule has 2 aromatic carbocycles. The number of rotatable bonds is 9. The van der Waals surface area contributed by atoms with Crippen LogP contribution in [0.3, 0.4) is 0 Å². The normalized spacial score (nSPS) is 15.9. The van der Waals surface area contributed by atoms with Crippen LogP contribution in [0.2, 0.25) is 0 Å². The van der Waals surface area contributed by atoms with Gasteiger partial charge in [0, 0.05) is 36.1 Å². The van der Waals surface area contributed by atoms with Crippen molar-refractivity contribution in [3.63, 3.8) is 0 Å². The fourth-order valence-electron chi connectivity index (χ4n) is 3.72. The molecule has 3 amide bonds. The number of nitrogen functional groups attached to an aromatic ring is 1. The van der Waals surface area contributed by atoms with Crippen LogP contribution in [0, 0.1) is 11.2 Å². The number of hydrogen-bond acceptors (Lipinski definition) is 8. The van der Waals surface area contributed by atoms with Gasteiger partial charge in [0.05, 0.1) is 13.2 Å². The van der Waals surface area contributed by atoms with Gasteiger partial charge in [0.1, 0.15) is 18.2 Å². The molecule has 3 rings (SSSR count). The first-order chi connectivity index (χ1) is 18.0. The number of nitrogens with two attached hydrogens (primary N) is 1. The van der Waals surface area contributed by atoms with Gasteiger partial charge in [-0.15, -0.1) is 0 Å². The average Bonchev–Trinajstić information content (AvgIpc) is 2.88. The van der Waals surface area contributed by atoms with Crippen molar-refractivity contribution in [1.29, 1.82) is 5.41 Å². The number of amidine groups is 1. The molecule has 5 N–H and O–H groups in total. The number of morpholine rings is 1. The van der Waals surface area contributed by atoms with Crippen LogP contribution < -0.4 is 16.0 Å². The van der Waals surface area contributed by atoms with Gasteiger partial charge in [-0.05, 0) is 49.4 Å². The second-order valence-electron chi connectivity index (χ2n) is 8.37. The Morgan fingerprint density at radius 2 is 1.95 bits per heavy atom. The first-order valence-electron chi connectivity index (χ1n) is 11.6. The Labute approximate surface area is 217 Å². The molecule has 1 aliphatic rings. The van der Waals surface area contributed by atoms with E-state index in [2.05, 4.69) is 5.32 Å². The highest BCUT2D eigenvalue weighted by atomic mass is 19.1. The zero-order valence-electron chi connectivity index (χ0n) is 20.8. The molecule has 2 atom stereocenters. The van der Waals surface area contributed by atoms with Crippen LogP contribution >= 0.6 is 0 Å². The van der Waals surface area contributed by atoms with E-state index in [1.807, 2.05) is 0 Å². The molecular formula is C25H28FN5O7. The molecule has 0 aliphatic carbocycles. The standard InChI is InChI=1S/C25H28FN5O7/c1-3-37-19(32)13-30(2)24(35)15-10-16(26)12-18(11-15)31-8-9-38-21(25(31)36)20(33)23(34)29-17-6-4-14(5-7-17)22(27)28/h4-7,10-12,20-21,33H,3,8-9,13H2,1-2H3,(H3,27,28)(H,29,34)/t20-,21-/m1/s1. The number of ether oxygens (including phenoxy) is 2. The van der Waals surface area contributed by atoms with E-state index >= 15 is 0 Å². The van der Waals surface area contributed by atoms with Crippen molar-refractivity contribution >= 4 is 40.9 Å². The van der Waals surface area contributed by atoms with E-state index in [0.29, 0.717) is 11.3 Å². The fraction of sp³-hybridized carbons (Fsp3) is 0.320. The average molecular weight is 530 g/mol. The molecule has 1 saturated heterocycles. The van der Waals surface area contributed by atoms with Crippen molar-refractivity contribution < 1.29 is 38.1 Å². The van der Waals surface area contributed by atoms with Gasteiger partial charge >= 0.3 is 5.97 Å². The Kier molecular flexibility index (Phi) is 9.10. The molecule has 0 radical (unpaired) electrons. The summed E-state index contributed by atoms with van der Waals surface area (Å²) >= 11 is 0. The number of likely N-dealkylation sites (N-methyl/N-ethyl adjacent to an activating group) is 1. The number of benzene rings is 2. The minimum absolute atomic E-state index is 0.0172. The van der Waals surface area contributed by atoms with Crippen LogP contribution in [0.5, 0.6) is 0 Å². The van der Waals surface area contributed by atoms with Gasteiger partial charge in [-0.1, -0.05) is 0 Å². The van der Waals surface area contributed by atoms with Gasteiger partial charge in [-0.2, -0.15) is 0 Å². The van der Waals surface area contributed by atoms with E-state index < -0.39 is 41.7 Å². The van der Waals surface area contributed by atoms with Gasteiger partial charge in [-0.25, -0.2) is 4.39 Å². The highest BCUT2D eigenvalue weighted by Crippen LogP contribution is 2.24. The van der Waals surface area contributed by atoms with E-state index in [1.54, 1.807) is 6.92 Å². The molecule has 1 aliphatic heterocycles.